The molecule has 0 aliphatic heterocycles. The number of carbonyl (C=O) groups is 1. The van der Waals surface area contributed by atoms with E-state index in [1.807, 2.05) is 4.57 Å². The van der Waals surface area contributed by atoms with Crippen LogP contribution in [0.1, 0.15) is 15.9 Å². The number of fused-ring (bicyclic) bond motifs is 1. The van der Waals surface area contributed by atoms with Crippen LogP contribution in [0.15, 0.2) is 48.7 Å². The fraction of sp³-hybridized carbons (Fsp3) is 0.0625. The van der Waals surface area contributed by atoms with Crippen molar-refractivity contribution in [3.05, 3.63) is 71.4 Å². The third-order valence-corrected chi connectivity index (χ3v) is 3.29. The summed E-state index contributed by atoms with van der Waals surface area (Å²) in [5.41, 5.74) is 1.52. The number of nitrogens with zero attached hydrogens (tertiary/aromatic N) is 1. The number of hydrogen-bond acceptors (Lipinski definition) is 1. The Hall–Kier alpha value is -2.69. The molecule has 0 saturated carbocycles. The monoisotopic (exact) mass is 287 g/mol. The first-order chi connectivity index (χ1) is 10.0. The first-order valence-corrected chi connectivity index (χ1v) is 6.30. The van der Waals surface area contributed by atoms with E-state index in [4.69, 9.17) is 5.11 Å². The number of rotatable bonds is 3. The first-order valence-electron chi connectivity index (χ1n) is 6.30. The van der Waals surface area contributed by atoms with E-state index >= 15 is 0 Å². The quantitative estimate of drug-likeness (QED) is 0.798. The van der Waals surface area contributed by atoms with Crippen molar-refractivity contribution in [1.29, 1.82) is 0 Å². The van der Waals surface area contributed by atoms with Crippen molar-refractivity contribution < 1.29 is 18.7 Å². The van der Waals surface area contributed by atoms with Gasteiger partial charge in [-0.2, -0.15) is 0 Å². The molecule has 0 bridgehead atoms. The van der Waals surface area contributed by atoms with Gasteiger partial charge in [-0.15, -0.1) is 0 Å². The molecule has 0 spiro atoms. The Bertz CT molecular complexity index is 819. The standard InChI is InChI=1S/C16H11F2NO2/c17-13-5-10(6-14(18)8-13)9-19-4-3-11-7-12(16(20)21)1-2-15(11)19/h1-8H,9H2,(H,20,21). The maximum absolute atomic E-state index is 13.2. The minimum atomic E-state index is -0.989. The first kappa shape index (κ1) is 13.3. The zero-order valence-electron chi connectivity index (χ0n) is 10.9. The van der Waals surface area contributed by atoms with Gasteiger partial charge in [0.05, 0.1) is 5.56 Å². The largest absolute Gasteiger partial charge is 0.478 e. The topological polar surface area (TPSA) is 42.2 Å². The van der Waals surface area contributed by atoms with Crippen LogP contribution in [0.5, 0.6) is 0 Å². The summed E-state index contributed by atoms with van der Waals surface area (Å²) in [6.07, 6.45) is 1.76. The van der Waals surface area contributed by atoms with Crippen LogP contribution in [0.3, 0.4) is 0 Å². The third kappa shape index (κ3) is 2.63. The summed E-state index contributed by atoms with van der Waals surface area (Å²) in [6.45, 7) is 0.310. The van der Waals surface area contributed by atoms with Gasteiger partial charge in [-0.3, -0.25) is 0 Å². The summed E-state index contributed by atoms with van der Waals surface area (Å²) in [4.78, 5) is 10.9. The molecule has 1 heterocycles. The van der Waals surface area contributed by atoms with Crippen molar-refractivity contribution in [2.45, 2.75) is 6.54 Å². The molecule has 3 rings (SSSR count). The Morgan fingerprint density at radius 3 is 2.43 bits per heavy atom. The van der Waals surface area contributed by atoms with Crippen molar-refractivity contribution in [2.75, 3.05) is 0 Å². The number of carboxylic acid groups (broad SMARTS) is 1. The van der Waals surface area contributed by atoms with Crippen LogP contribution in [-0.2, 0) is 6.54 Å². The van der Waals surface area contributed by atoms with Crippen LogP contribution in [0.2, 0.25) is 0 Å². The highest BCUT2D eigenvalue weighted by molar-refractivity contribution is 5.93. The van der Waals surface area contributed by atoms with Gasteiger partial charge in [0.25, 0.3) is 0 Å². The van der Waals surface area contributed by atoms with E-state index in [2.05, 4.69) is 0 Å². The van der Waals surface area contributed by atoms with Crippen molar-refractivity contribution in [1.82, 2.24) is 4.57 Å². The van der Waals surface area contributed by atoms with Gasteiger partial charge in [-0.25, -0.2) is 13.6 Å². The zero-order chi connectivity index (χ0) is 15.0. The Labute approximate surface area is 119 Å². The van der Waals surface area contributed by atoms with Gasteiger partial charge >= 0.3 is 5.97 Å². The predicted octanol–water partition coefficient (Wildman–Crippen LogP) is 3.67. The van der Waals surface area contributed by atoms with Crippen molar-refractivity contribution in [3.8, 4) is 0 Å². The van der Waals surface area contributed by atoms with E-state index in [1.165, 1.54) is 18.2 Å². The lowest BCUT2D eigenvalue weighted by Crippen LogP contribution is -2.00. The number of carboxylic acids is 1. The van der Waals surface area contributed by atoms with Crippen LogP contribution in [-0.4, -0.2) is 15.6 Å². The summed E-state index contributed by atoms with van der Waals surface area (Å²) in [6, 6.07) is 9.93. The van der Waals surface area contributed by atoms with Crippen LogP contribution in [0.25, 0.3) is 10.9 Å². The minimum Gasteiger partial charge on any atom is -0.478 e. The highest BCUT2D eigenvalue weighted by Crippen LogP contribution is 2.20. The Morgan fingerprint density at radius 2 is 1.76 bits per heavy atom. The van der Waals surface area contributed by atoms with Gasteiger partial charge in [0.1, 0.15) is 11.6 Å². The van der Waals surface area contributed by atoms with Crippen molar-refractivity contribution in [3.63, 3.8) is 0 Å². The maximum atomic E-state index is 13.2. The van der Waals surface area contributed by atoms with Crippen LogP contribution < -0.4 is 0 Å². The van der Waals surface area contributed by atoms with Gasteiger partial charge in [-0.1, -0.05) is 0 Å². The smallest absolute Gasteiger partial charge is 0.335 e. The molecule has 1 N–H and O–H groups in total. The molecule has 0 atom stereocenters. The molecule has 3 aromatic rings. The van der Waals surface area contributed by atoms with E-state index in [0.29, 0.717) is 12.1 Å². The number of aromatic nitrogens is 1. The number of aromatic carboxylic acids is 1. The second kappa shape index (κ2) is 5.01. The number of benzene rings is 2. The molecule has 0 radical (unpaired) electrons. The molecule has 1 aromatic heterocycles. The van der Waals surface area contributed by atoms with Gasteiger partial charge < -0.3 is 9.67 Å². The van der Waals surface area contributed by atoms with Crippen molar-refractivity contribution >= 4 is 16.9 Å². The summed E-state index contributed by atoms with van der Waals surface area (Å²) in [7, 11) is 0. The second-order valence-electron chi connectivity index (χ2n) is 4.80. The molecule has 5 heteroatoms. The normalized spacial score (nSPS) is 11.0. The Kier molecular flexibility index (Phi) is 3.17. The SMILES string of the molecule is O=C(O)c1ccc2c(ccn2Cc2cc(F)cc(F)c2)c1. The molecular formula is C16H11F2NO2. The lowest BCUT2D eigenvalue weighted by molar-refractivity contribution is 0.0697. The highest BCUT2D eigenvalue weighted by atomic mass is 19.1. The minimum absolute atomic E-state index is 0.206. The lowest BCUT2D eigenvalue weighted by atomic mass is 10.1. The molecule has 0 saturated heterocycles. The molecular weight excluding hydrogens is 276 g/mol. The van der Waals surface area contributed by atoms with Gasteiger partial charge in [-0.05, 0) is 42.0 Å². The lowest BCUT2D eigenvalue weighted by Gasteiger charge is -2.06. The average molecular weight is 287 g/mol. The molecule has 21 heavy (non-hydrogen) atoms. The average Bonchev–Trinajstić information content (AvgIpc) is 2.80. The molecule has 0 aliphatic carbocycles. The van der Waals surface area contributed by atoms with Crippen LogP contribution in [0, 0.1) is 11.6 Å². The van der Waals surface area contributed by atoms with Crippen LogP contribution in [0.4, 0.5) is 8.78 Å². The predicted molar refractivity (Wildman–Crippen MR) is 74.4 cm³/mol. The van der Waals surface area contributed by atoms with E-state index < -0.39 is 17.6 Å². The molecule has 2 aromatic carbocycles. The van der Waals surface area contributed by atoms with Crippen molar-refractivity contribution in [2.24, 2.45) is 0 Å². The summed E-state index contributed by atoms with van der Waals surface area (Å²) < 4.78 is 28.2. The summed E-state index contributed by atoms with van der Waals surface area (Å²) in [5.74, 6) is -2.22. The molecule has 0 fully saturated rings. The van der Waals surface area contributed by atoms with E-state index in [-0.39, 0.29) is 5.56 Å². The maximum Gasteiger partial charge on any atom is 0.335 e. The van der Waals surface area contributed by atoms with Gasteiger partial charge in [0, 0.05) is 29.7 Å². The third-order valence-electron chi connectivity index (χ3n) is 3.29. The van der Waals surface area contributed by atoms with E-state index in [9.17, 15) is 13.6 Å². The molecule has 0 amide bonds. The molecule has 0 unspecified atom stereocenters. The number of hydrogen-bond donors (Lipinski definition) is 1. The molecule has 106 valence electrons. The molecule has 0 aliphatic rings. The van der Waals surface area contributed by atoms with Gasteiger partial charge in [0.2, 0.25) is 0 Å². The fourth-order valence-corrected chi connectivity index (χ4v) is 2.37. The zero-order valence-corrected chi connectivity index (χ0v) is 10.9. The summed E-state index contributed by atoms with van der Waals surface area (Å²) in [5, 5.41) is 9.73. The Balaban J connectivity index is 1.99. The van der Waals surface area contributed by atoms with Crippen LogP contribution >= 0.6 is 0 Å². The van der Waals surface area contributed by atoms with Gasteiger partial charge in [0.15, 0.2) is 0 Å². The fourth-order valence-electron chi connectivity index (χ4n) is 2.37. The second-order valence-corrected chi connectivity index (χ2v) is 4.80. The highest BCUT2D eigenvalue weighted by Gasteiger charge is 2.08. The van der Waals surface area contributed by atoms with E-state index in [0.717, 1.165) is 17.0 Å². The molecule has 3 nitrogen and oxygen atoms in total. The summed E-state index contributed by atoms with van der Waals surface area (Å²) >= 11 is 0. The Morgan fingerprint density at radius 1 is 1.05 bits per heavy atom. The van der Waals surface area contributed by atoms with E-state index in [1.54, 1.807) is 24.4 Å². The number of halogens is 2.